The maximum absolute atomic E-state index is 13.2. The number of anilines is 1. The molecule has 2 aromatic rings. The SMILES string of the molecule is O=C(O)Oc1cnc(N2CC3=C(CN(C(=O)c4ccccc4C(F)(F)F)C3)C2)s1. The third kappa shape index (κ3) is 3.77. The van der Waals surface area contributed by atoms with E-state index in [0.717, 1.165) is 28.5 Å². The summed E-state index contributed by atoms with van der Waals surface area (Å²) in [6.07, 6.45) is -4.70. The fourth-order valence-electron chi connectivity index (χ4n) is 3.48. The lowest BCUT2D eigenvalue weighted by Crippen LogP contribution is -2.35. The van der Waals surface area contributed by atoms with Crippen molar-refractivity contribution >= 4 is 28.5 Å². The molecule has 0 bridgehead atoms. The molecule has 1 aromatic carbocycles. The number of alkyl halides is 3. The molecule has 0 fully saturated rings. The van der Waals surface area contributed by atoms with Crippen LogP contribution in [0.15, 0.2) is 41.6 Å². The number of hydrogen-bond acceptors (Lipinski definition) is 6. The number of carbonyl (C=O) groups excluding carboxylic acids is 1. The van der Waals surface area contributed by atoms with Gasteiger partial charge in [-0.1, -0.05) is 23.5 Å². The zero-order chi connectivity index (χ0) is 20.8. The number of halogens is 3. The van der Waals surface area contributed by atoms with Crippen molar-refractivity contribution in [2.24, 2.45) is 0 Å². The molecule has 0 saturated carbocycles. The van der Waals surface area contributed by atoms with Gasteiger partial charge in [-0.2, -0.15) is 13.2 Å². The first kappa shape index (κ1) is 19.2. The van der Waals surface area contributed by atoms with Gasteiger partial charge in [-0.05, 0) is 23.3 Å². The third-order valence-electron chi connectivity index (χ3n) is 4.71. The van der Waals surface area contributed by atoms with Crippen molar-refractivity contribution in [3.63, 3.8) is 0 Å². The Morgan fingerprint density at radius 2 is 1.76 bits per heavy atom. The van der Waals surface area contributed by atoms with E-state index in [1.54, 1.807) is 0 Å². The average molecular weight is 425 g/mol. The summed E-state index contributed by atoms with van der Waals surface area (Å²) in [5.74, 6) is -0.648. The predicted octanol–water partition coefficient (Wildman–Crippen LogP) is 3.49. The van der Waals surface area contributed by atoms with Gasteiger partial charge in [-0.15, -0.1) is 0 Å². The zero-order valence-corrected chi connectivity index (χ0v) is 15.6. The van der Waals surface area contributed by atoms with E-state index in [0.29, 0.717) is 18.2 Å². The summed E-state index contributed by atoms with van der Waals surface area (Å²) in [7, 11) is 0. The van der Waals surface area contributed by atoms with Gasteiger partial charge in [0.1, 0.15) is 0 Å². The number of aromatic nitrogens is 1. The van der Waals surface area contributed by atoms with E-state index in [9.17, 15) is 22.8 Å². The van der Waals surface area contributed by atoms with E-state index in [1.807, 2.05) is 4.90 Å². The Morgan fingerprint density at radius 1 is 1.10 bits per heavy atom. The minimum atomic E-state index is -4.60. The molecule has 0 saturated heterocycles. The van der Waals surface area contributed by atoms with Gasteiger partial charge >= 0.3 is 12.3 Å². The number of benzene rings is 1. The van der Waals surface area contributed by atoms with Crippen LogP contribution < -0.4 is 9.64 Å². The van der Waals surface area contributed by atoms with Crippen LogP contribution in [0.4, 0.5) is 23.1 Å². The van der Waals surface area contributed by atoms with Crippen LogP contribution in [0.2, 0.25) is 0 Å². The van der Waals surface area contributed by atoms with Crippen molar-refractivity contribution in [2.45, 2.75) is 6.18 Å². The summed E-state index contributed by atoms with van der Waals surface area (Å²) in [4.78, 5) is 30.8. The summed E-state index contributed by atoms with van der Waals surface area (Å²) in [6.45, 7) is 1.45. The highest BCUT2D eigenvalue weighted by Gasteiger charge is 2.38. The van der Waals surface area contributed by atoms with E-state index >= 15 is 0 Å². The molecule has 0 aliphatic carbocycles. The lowest BCUT2D eigenvalue weighted by molar-refractivity contribution is -0.138. The lowest BCUT2D eigenvalue weighted by Gasteiger charge is -2.23. The van der Waals surface area contributed by atoms with Crippen LogP contribution in [0.25, 0.3) is 0 Å². The maximum Gasteiger partial charge on any atom is 0.512 e. The molecule has 0 unspecified atom stereocenters. The topological polar surface area (TPSA) is 83.0 Å². The number of carboxylic acid groups (broad SMARTS) is 1. The Morgan fingerprint density at radius 3 is 2.38 bits per heavy atom. The molecule has 4 rings (SSSR count). The fourth-order valence-corrected chi connectivity index (χ4v) is 4.24. The number of rotatable bonds is 3. The number of hydrogen-bond donors (Lipinski definition) is 1. The van der Waals surface area contributed by atoms with E-state index in [4.69, 9.17) is 5.11 Å². The number of amides is 1. The molecule has 3 heterocycles. The van der Waals surface area contributed by atoms with Crippen LogP contribution in [0.5, 0.6) is 5.06 Å². The van der Waals surface area contributed by atoms with E-state index in [1.165, 1.54) is 29.3 Å². The molecular formula is C18H14F3N3O4S. The van der Waals surface area contributed by atoms with Crippen molar-refractivity contribution < 1.29 is 32.6 Å². The summed E-state index contributed by atoms with van der Waals surface area (Å²) in [6, 6.07) is 4.78. The van der Waals surface area contributed by atoms with Gasteiger partial charge in [-0.25, -0.2) is 9.78 Å². The standard InChI is InChI=1S/C18H14F3N3O4S/c19-18(20,21)13-4-2-1-3-12(13)15(25)23-6-10-8-24(9-11(10)7-23)16-22-5-14(29-16)28-17(26)27/h1-5H,6-9H2,(H,26,27). The summed E-state index contributed by atoms with van der Waals surface area (Å²) < 4.78 is 44.2. The van der Waals surface area contributed by atoms with E-state index in [2.05, 4.69) is 9.72 Å². The Hall–Kier alpha value is -3.08. The fraction of sp³-hybridized carbons (Fsp3) is 0.278. The molecule has 2 aliphatic heterocycles. The lowest BCUT2D eigenvalue weighted by atomic mass is 10.1. The van der Waals surface area contributed by atoms with Crippen LogP contribution in [0, 0.1) is 0 Å². The van der Waals surface area contributed by atoms with Gasteiger partial charge in [0.05, 0.1) is 17.3 Å². The summed E-state index contributed by atoms with van der Waals surface area (Å²) in [5, 5.41) is 9.38. The molecule has 0 atom stereocenters. The second kappa shape index (κ2) is 7.07. The minimum Gasteiger partial charge on any atom is -0.449 e. The molecule has 11 heteroatoms. The van der Waals surface area contributed by atoms with E-state index in [-0.39, 0.29) is 23.7 Å². The Bertz CT molecular complexity index is 1000. The smallest absolute Gasteiger partial charge is 0.449 e. The highest BCUT2D eigenvalue weighted by molar-refractivity contribution is 7.17. The average Bonchev–Trinajstić information content (AvgIpc) is 3.34. The van der Waals surface area contributed by atoms with Gasteiger partial charge in [0.15, 0.2) is 5.13 Å². The third-order valence-corrected chi connectivity index (χ3v) is 5.64. The van der Waals surface area contributed by atoms with E-state index < -0.39 is 23.8 Å². The quantitative estimate of drug-likeness (QED) is 0.599. The molecule has 0 spiro atoms. The first-order valence-corrected chi connectivity index (χ1v) is 9.31. The maximum atomic E-state index is 13.2. The summed E-state index contributed by atoms with van der Waals surface area (Å²) >= 11 is 1.09. The summed E-state index contributed by atoms with van der Waals surface area (Å²) in [5.41, 5.74) is 0.623. The van der Waals surface area contributed by atoms with Crippen LogP contribution in [-0.2, 0) is 6.18 Å². The molecule has 152 valence electrons. The van der Waals surface area contributed by atoms with Gasteiger partial charge < -0.3 is 19.6 Å². The molecule has 7 nitrogen and oxygen atoms in total. The van der Waals surface area contributed by atoms with Gasteiger partial charge in [0.2, 0.25) is 5.06 Å². The molecule has 29 heavy (non-hydrogen) atoms. The minimum absolute atomic E-state index is 0.153. The second-order valence-electron chi connectivity index (χ2n) is 6.60. The van der Waals surface area contributed by atoms with Crippen molar-refractivity contribution in [1.82, 2.24) is 9.88 Å². The van der Waals surface area contributed by atoms with Crippen LogP contribution in [0.1, 0.15) is 15.9 Å². The van der Waals surface area contributed by atoms with Crippen LogP contribution in [0.3, 0.4) is 0 Å². The normalized spacial score (nSPS) is 16.4. The molecule has 1 aromatic heterocycles. The predicted molar refractivity (Wildman–Crippen MR) is 97.4 cm³/mol. The highest BCUT2D eigenvalue weighted by Crippen LogP contribution is 2.36. The Labute approximate surface area is 166 Å². The van der Waals surface area contributed by atoms with Gasteiger partial charge in [0, 0.05) is 26.2 Å². The highest BCUT2D eigenvalue weighted by atomic mass is 32.1. The van der Waals surface area contributed by atoms with Crippen LogP contribution >= 0.6 is 11.3 Å². The number of thiazole rings is 1. The van der Waals surface area contributed by atoms with Crippen molar-refractivity contribution in [3.8, 4) is 5.06 Å². The zero-order valence-electron chi connectivity index (χ0n) is 14.8. The Kier molecular flexibility index (Phi) is 4.69. The van der Waals surface area contributed by atoms with Crippen molar-refractivity contribution in [2.75, 3.05) is 31.1 Å². The monoisotopic (exact) mass is 425 g/mol. The number of carbonyl (C=O) groups is 2. The van der Waals surface area contributed by atoms with Crippen LogP contribution in [-0.4, -0.2) is 53.2 Å². The molecule has 1 N–H and O–H groups in total. The van der Waals surface area contributed by atoms with Crippen molar-refractivity contribution in [3.05, 3.63) is 52.7 Å². The van der Waals surface area contributed by atoms with Gasteiger partial charge in [-0.3, -0.25) is 4.79 Å². The molecule has 2 aliphatic rings. The first-order valence-electron chi connectivity index (χ1n) is 8.49. The Balaban J connectivity index is 1.43. The van der Waals surface area contributed by atoms with Gasteiger partial charge in [0.25, 0.3) is 5.91 Å². The number of ether oxygens (including phenoxy) is 1. The largest absolute Gasteiger partial charge is 0.512 e. The number of nitrogens with zero attached hydrogens (tertiary/aromatic N) is 3. The van der Waals surface area contributed by atoms with Crippen molar-refractivity contribution in [1.29, 1.82) is 0 Å². The molecule has 1 amide bonds. The first-order chi connectivity index (χ1) is 13.7. The molecule has 0 radical (unpaired) electrons. The second-order valence-corrected chi connectivity index (χ2v) is 7.57. The molecular weight excluding hydrogens is 411 g/mol.